The van der Waals surface area contributed by atoms with Gasteiger partial charge < -0.3 is 5.32 Å². The SMILES string of the molecule is CC/C=C\C/C=C\C/C=C\C/C=C\C/C=C\CCCC(=O)CCCSSCCNC(C)=O. The molecule has 0 aliphatic carbocycles. The van der Waals surface area contributed by atoms with E-state index in [0.29, 0.717) is 25.2 Å². The molecule has 0 spiro atoms. The molecule has 0 atom stereocenters. The summed E-state index contributed by atoms with van der Waals surface area (Å²) in [5.41, 5.74) is 0. The summed E-state index contributed by atoms with van der Waals surface area (Å²) in [5, 5.41) is 2.78. The van der Waals surface area contributed by atoms with E-state index in [-0.39, 0.29) is 5.91 Å². The van der Waals surface area contributed by atoms with Crippen molar-refractivity contribution in [3.63, 3.8) is 0 Å². The molecule has 0 fully saturated rings. The first kappa shape index (κ1) is 30.5. The van der Waals surface area contributed by atoms with Gasteiger partial charge in [0.25, 0.3) is 0 Å². The summed E-state index contributed by atoms with van der Waals surface area (Å²) < 4.78 is 0. The lowest BCUT2D eigenvalue weighted by Crippen LogP contribution is -2.22. The van der Waals surface area contributed by atoms with Crippen molar-refractivity contribution in [2.45, 2.75) is 78.1 Å². The fraction of sp³-hybridized carbons (Fsp3) is 0.556. The minimum Gasteiger partial charge on any atom is -0.355 e. The number of Topliss-reactive ketones (excluding diaryl/α,β-unsaturated/α-hetero) is 1. The fourth-order valence-electron chi connectivity index (χ4n) is 2.63. The van der Waals surface area contributed by atoms with Crippen molar-refractivity contribution < 1.29 is 9.59 Å². The van der Waals surface area contributed by atoms with Gasteiger partial charge in [-0.3, -0.25) is 9.59 Å². The zero-order chi connectivity index (χ0) is 23.5. The average Bonchev–Trinajstić information content (AvgIpc) is 2.77. The Morgan fingerprint density at radius 1 is 0.688 bits per heavy atom. The maximum atomic E-state index is 11.9. The molecule has 1 N–H and O–H groups in total. The van der Waals surface area contributed by atoms with Crippen LogP contribution in [0.1, 0.15) is 78.1 Å². The van der Waals surface area contributed by atoms with Gasteiger partial charge in [0.1, 0.15) is 5.78 Å². The molecule has 0 aliphatic rings. The molecule has 0 aromatic carbocycles. The molecule has 180 valence electrons. The highest BCUT2D eigenvalue weighted by atomic mass is 33.1. The second-order valence-corrected chi connectivity index (χ2v) is 10.1. The third-order valence-corrected chi connectivity index (χ3v) is 6.80. The third kappa shape index (κ3) is 26.6. The summed E-state index contributed by atoms with van der Waals surface area (Å²) in [6.07, 6.45) is 31.4. The maximum Gasteiger partial charge on any atom is 0.216 e. The smallest absolute Gasteiger partial charge is 0.216 e. The molecule has 0 bridgehead atoms. The van der Waals surface area contributed by atoms with E-state index in [4.69, 9.17) is 0 Å². The molecule has 0 saturated carbocycles. The first-order valence-corrected chi connectivity index (χ1v) is 14.4. The Hall–Kier alpha value is -1.46. The first-order valence-electron chi connectivity index (χ1n) is 11.9. The van der Waals surface area contributed by atoms with Crippen molar-refractivity contribution in [1.82, 2.24) is 5.32 Å². The van der Waals surface area contributed by atoms with Gasteiger partial charge in [-0.2, -0.15) is 0 Å². The Morgan fingerprint density at radius 2 is 1.19 bits per heavy atom. The number of carbonyl (C=O) groups is 2. The lowest BCUT2D eigenvalue weighted by atomic mass is 10.1. The van der Waals surface area contributed by atoms with Crippen molar-refractivity contribution in [3.8, 4) is 0 Å². The van der Waals surface area contributed by atoms with E-state index in [0.717, 1.165) is 62.9 Å². The van der Waals surface area contributed by atoms with Crippen LogP contribution < -0.4 is 5.32 Å². The van der Waals surface area contributed by atoms with Gasteiger partial charge in [-0.25, -0.2) is 0 Å². The minimum absolute atomic E-state index is 0.0192. The van der Waals surface area contributed by atoms with E-state index in [9.17, 15) is 9.59 Å². The van der Waals surface area contributed by atoms with Crippen molar-refractivity contribution in [1.29, 1.82) is 0 Å². The van der Waals surface area contributed by atoms with E-state index in [1.165, 1.54) is 6.92 Å². The van der Waals surface area contributed by atoms with Crippen LogP contribution in [-0.2, 0) is 9.59 Å². The lowest BCUT2D eigenvalue weighted by Gasteiger charge is -2.02. The van der Waals surface area contributed by atoms with Crippen molar-refractivity contribution in [2.75, 3.05) is 18.1 Å². The van der Waals surface area contributed by atoms with Gasteiger partial charge in [-0.15, -0.1) is 0 Å². The molecule has 32 heavy (non-hydrogen) atoms. The summed E-state index contributed by atoms with van der Waals surface area (Å²) in [6, 6.07) is 0. The lowest BCUT2D eigenvalue weighted by molar-refractivity contribution is -0.119. The number of nitrogens with one attached hydrogen (secondary N) is 1. The first-order chi connectivity index (χ1) is 15.7. The molecule has 5 heteroatoms. The summed E-state index contributed by atoms with van der Waals surface area (Å²) in [4.78, 5) is 22.6. The van der Waals surface area contributed by atoms with Crippen LogP contribution in [0, 0.1) is 0 Å². The average molecular weight is 478 g/mol. The van der Waals surface area contributed by atoms with E-state index in [2.05, 4.69) is 73.0 Å². The summed E-state index contributed by atoms with van der Waals surface area (Å²) >= 11 is 0. The van der Waals surface area contributed by atoms with Gasteiger partial charge in [0.05, 0.1) is 0 Å². The molecule has 0 saturated heterocycles. The molecule has 0 aromatic rings. The zero-order valence-electron chi connectivity index (χ0n) is 20.1. The number of hydrogen-bond acceptors (Lipinski definition) is 4. The van der Waals surface area contributed by atoms with Gasteiger partial charge in [0.15, 0.2) is 0 Å². The Morgan fingerprint density at radius 3 is 1.75 bits per heavy atom. The Kier molecular flexibility index (Phi) is 24.6. The predicted molar refractivity (Wildman–Crippen MR) is 146 cm³/mol. The molecule has 0 aromatic heterocycles. The number of allylic oxidation sites excluding steroid dienone is 10. The molecule has 0 radical (unpaired) electrons. The molecular formula is C27H43NO2S2. The van der Waals surface area contributed by atoms with Gasteiger partial charge in [-0.05, 0) is 51.4 Å². The molecule has 3 nitrogen and oxygen atoms in total. The molecular weight excluding hydrogens is 434 g/mol. The fourth-order valence-corrected chi connectivity index (χ4v) is 4.62. The zero-order valence-corrected chi connectivity index (χ0v) is 21.7. The summed E-state index contributed by atoms with van der Waals surface area (Å²) in [5.74, 6) is 2.29. The highest BCUT2D eigenvalue weighted by molar-refractivity contribution is 8.76. The van der Waals surface area contributed by atoms with E-state index >= 15 is 0 Å². The molecule has 0 rings (SSSR count). The van der Waals surface area contributed by atoms with Crippen molar-refractivity contribution in [3.05, 3.63) is 60.8 Å². The molecule has 0 unspecified atom stereocenters. The molecule has 0 aliphatic heterocycles. The Balaban J connectivity index is 3.46. The number of amides is 1. The number of unbranched alkanes of at least 4 members (excludes halogenated alkanes) is 1. The number of carbonyl (C=O) groups excluding carboxylic acids is 2. The topological polar surface area (TPSA) is 46.2 Å². The number of rotatable bonds is 21. The van der Waals surface area contributed by atoms with Crippen LogP contribution in [0.5, 0.6) is 0 Å². The van der Waals surface area contributed by atoms with Crippen LogP contribution in [0.15, 0.2) is 60.8 Å². The van der Waals surface area contributed by atoms with Crippen LogP contribution in [0.2, 0.25) is 0 Å². The van der Waals surface area contributed by atoms with Crippen LogP contribution in [-0.4, -0.2) is 29.7 Å². The Bertz CT molecular complexity index is 607. The van der Waals surface area contributed by atoms with Gasteiger partial charge in [-0.1, -0.05) is 89.3 Å². The Labute approximate surface area is 204 Å². The second-order valence-electron chi connectivity index (χ2n) is 7.37. The van der Waals surface area contributed by atoms with Crippen LogP contribution in [0.4, 0.5) is 0 Å². The summed E-state index contributed by atoms with van der Waals surface area (Å²) in [7, 11) is 3.54. The van der Waals surface area contributed by atoms with Crippen LogP contribution in [0.3, 0.4) is 0 Å². The standard InChI is InChI=1S/C27H43NO2S2/c1-3-4-5-6-7-8-9-10-11-12-13-14-15-16-17-18-19-21-27(30)22-20-24-31-32-25-23-28-26(2)29/h4-5,7-8,10-11,13-14,16-17H,3,6,9,12,15,18-25H2,1-2H3,(H,28,29)/b5-4-,8-7-,11-10-,14-13-,17-16-. The summed E-state index contributed by atoms with van der Waals surface area (Å²) in [6.45, 7) is 4.40. The minimum atomic E-state index is 0.0192. The normalized spacial score (nSPS) is 12.3. The van der Waals surface area contributed by atoms with Crippen molar-refractivity contribution >= 4 is 33.3 Å². The predicted octanol–water partition coefficient (Wildman–Crippen LogP) is 7.77. The van der Waals surface area contributed by atoms with Crippen molar-refractivity contribution in [2.24, 2.45) is 0 Å². The van der Waals surface area contributed by atoms with E-state index < -0.39 is 0 Å². The largest absolute Gasteiger partial charge is 0.355 e. The van der Waals surface area contributed by atoms with Gasteiger partial charge >= 0.3 is 0 Å². The molecule has 0 heterocycles. The number of ketones is 1. The van der Waals surface area contributed by atoms with Gasteiger partial charge in [0.2, 0.25) is 5.91 Å². The monoisotopic (exact) mass is 477 g/mol. The van der Waals surface area contributed by atoms with E-state index in [1.807, 2.05) is 0 Å². The highest BCUT2D eigenvalue weighted by Crippen LogP contribution is 2.22. The van der Waals surface area contributed by atoms with E-state index in [1.54, 1.807) is 21.6 Å². The van der Waals surface area contributed by atoms with Crippen LogP contribution in [0.25, 0.3) is 0 Å². The molecule has 1 amide bonds. The number of hydrogen-bond donors (Lipinski definition) is 1. The highest BCUT2D eigenvalue weighted by Gasteiger charge is 2.01. The third-order valence-electron chi connectivity index (χ3n) is 4.31. The van der Waals surface area contributed by atoms with Gasteiger partial charge in [0, 0.05) is 37.8 Å². The maximum absolute atomic E-state index is 11.9. The van der Waals surface area contributed by atoms with Crippen LogP contribution >= 0.6 is 21.6 Å². The quantitative estimate of drug-likeness (QED) is 0.104. The second kappa shape index (κ2) is 25.8.